The van der Waals surface area contributed by atoms with Crippen LogP contribution in [0.1, 0.15) is 38.5 Å². The molecule has 8 nitrogen and oxygen atoms in total. The van der Waals surface area contributed by atoms with Crippen molar-refractivity contribution in [2.45, 2.75) is 38.5 Å². The fourth-order valence-corrected chi connectivity index (χ4v) is 1.88. The van der Waals surface area contributed by atoms with Gasteiger partial charge in [-0.25, -0.2) is 9.59 Å². The summed E-state index contributed by atoms with van der Waals surface area (Å²) in [6, 6.07) is 0. The molecule has 0 atom stereocenters. The first-order valence-corrected chi connectivity index (χ1v) is 9.42. The number of hydrogen-bond acceptors (Lipinski definition) is 8. The lowest BCUT2D eigenvalue weighted by Gasteiger charge is -2.05. The van der Waals surface area contributed by atoms with Crippen molar-refractivity contribution >= 4 is 17.9 Å². The molecule has 0 radical (unpaired) electrons. The van der Waals surface area contributed by atoms with Crippen molar-refractivity contribution < 1.29 is 38.1 Å². The zero-order valence-electron chi connectivity index (χ0n) is 16.9. The summed E-state index contributed by atoms with van der Waals surface area (Å²) in [6.45, 7) is 2.04. The maximum Gasteiger partial charge on any atom is 0.330 e. The maximum atomic E-state index is 11.5. The van der Waals surface area contributed by atoms with Crippen molar-refractivity contribution in [3.63, 3.8) is 0 Å². The average molecular weight is 400 g/mol. The smallest absolute Gasteiger partial charge is 0.330 e. The number of carbonyl (C=O) groups is 3. The second-order valence-corrected chi connectivity index (χ2v) is 5.78. The molecule has 0 spiro atoms. The Labute approximate surface area is 166 Å². The van der Waals surface area contributed by atoms with Crippen LogP contribution in [0.5, 0.6) is 0 Å². The number of allylic oxidation sites excluding steroid dienone is 2. The molecule has 0 saturated heterocycles. The summed E-state index contributed by atoms with van der Waals surface area (Å²) in [5.74, 6) is -1.22. The summed E-state index contributed by atoms with van der Waals surface area (Å²) >= 11 is 0. The molecular formula is C20H32O8. The maximum absolute atomic E-state index is 11.5. The molecule has 0 amide bonds. The number of methoxy groups -OCH3 is 2. The third kappa shape index (κ3) is 18.6. The van der Waals surface area contributed by atoms with E-state index in [1.54, 1.807) is 14.2 Å². The van der Waals surface area contributed by atoms with E-state index in [-0.39, 0.29) is 12.6 Å². The van der Waals surface area contributed by atoms with Gasteiger partial charge in [-0.3, -0.25) is 4.79 Å². The van der Waals surface area contributed by atoms with E-state index in [9.17, 15) is 14.4 Å². The normalized spacial score (nSPS) is 11.1. The van der Waals surface area contributed by atoms with Gasteiger partial charge < -0.3 is 23.7 Å². The van der Waals surface area contributed by atoms with Crippen molar-refractivity contribution in [3.8, 4) is 0 Å². The summed E-state index contributed by atoms with van der Waals surface area (Å²) in [6.07, 6.45) is 9.04. The Bertz CT molecular complexity index is 485. The molecule has 0 unspecified atom stereocenters. The van der Waals surface area contributed by atoms with Gasteiger partial charge in [0.15, 0.2) is 0 Å². The van der Waals surface area contributed by atoms with Gasteiger partial charge in [-0.15, -0.1) is 0 Å². The Hall–Kier alpha value is -2.19. The van der Waals surface area contributed by atoms with Crippen LogP contribution in [0, 0.1) is 0 Å². The fourth-order valence-electron chi connectivity index (χ4n) is 1.88. The van der Waals surface area contributed by atoms with Crippen LogP contribution < -0.4 is 0 Å². The third-order valence-corrected chi connectivity index (χ3v) is 3.34. The third-order valence-electron chi connectivity index (χ3n) is 3.34. The molecule has 0 N–H and O–H groups in total. The predicted molar refractivity (Wildman–Crippen MR) is 103 cm³/mol. The number of hydrogen-bond donors (Lipinski definition) is 0. The monoisotopic (exact) mass is 400 g/mol. The van der Waals surface area contributed by atoms with Gasteiger partial charge in [0.05, 0.1) is 19.8 Å². The van der Waals surface area contributed by atoms with Crippen LogP contribution in [-0.2, 0) is 38.1 Å². The van der Waals surface area contributed by atoms with E-state index in [1.165, 1.54) is 24.3 Å². The zero-order chi connectivity index (χ0) is 20.9. The van der Waals surface area contributed by atoms with Gasteiger partial charge in [0, 0.05) is 46.0 Å². The molecular weight excluding hydrogens is 368 g/mol. The van der Waals surface area contributed by atoms with Gasteiger partial charge in [-0.05, 0) is 32.1 Å². The number of rotatable bonds is 17. The van der Waals surface area contributed by atoms with Gasteiger partial charge in [-0.1, -0.05) is 12.2 Å². The largest absolute Gasteiger partial charge is 0.466 e. The molecule has 0 bridgehead atoms. The number of unbranched alkanes of at least 4 members (excludes halogenated alkanes) is 2. The summed E-state index contributed by atoms with van der Waals surface area (Å²) < 4.78 is 24.7. The van der Waals surface area contributed by atoms with Crippen molar-refractivity contribution in [2.75, 3.05) is 47.3 Å². The van der Waals surface area contributed by atoms with Gasteiger partial charge in [0.1, 0.15) is 0 Å². The number of esters is 3. The van der Waals surface area contributed by atoms with Crippen LogP contribution in [0.25, 0.3) is 0 Å². The van der Waals surface area contributed by atoms with Gasteiger partial charge in [0.2, 0.25) is 0 Å². The Morgan fingerprint density at radius 3 is 1.54 bits per heavy atom. The second kappa shape index (κ2) is 19.6. The summed E-state index contributed by atoms with van der Waals surface area (Å²) in [5.41, 5.74) is 0. The van der Waals surface area contributed by atoms with E-state index in [2.05, 4.69) is 0 Å². The van der Waals surface area contributed by atoms with Crippen molar-refractivity contribution in [3.05, 3.63) is 24.3 Å². The van der Waals surface area contributed by atoms with Crippen molar-refractivity contribution in [1.82, 2.24) is 0 Å². The quantitative estimate of drug-likeness (QED) is 0.121. The lowest BCUT2D eigenvalue weighted by atomic mass is 10.3. The predicted octanol–water partition coefficient (Wildman–Crippen LogP) is 2.36. The van der Waals surface area contributed by atoms with Crippen LogP contribution in [0.2, 0.25) is 0 Å². The first-order chi connectivity index (χ1) is 13.6. The first-order valence-electron chi connectivity index (χ1n) is 9.42. The summed E-state index contributed by atoms with van der Waals surface area (Å²) in [5, 5.41) is 0. The summed E-state index contributed by atoms with van der Waals surface area (Å²) in [4.78, 5) is 34.2. The average Bonchev–Trinajstić information content (AvgIpc) is 2.68. The summed E-state index contributed by atoms with van der Waals surface area (Å²) in [7, 11) is 3.20. The zero-order valence-corrected chi connectivity index (χ0v) is 16.9. The van der Waals surface area contributed by atoms with E-state index in [0.717, 1.165) is 12.8 Å². The van der Waals surface area contributed by atoms with Gasteiger partial charge >= 0.3 is 17.9 Å². The molecule has 0 aromatic heterocycles. The topological polar surface area (TPSA) is 97.4 Å². The highest BCUT2D eigenvalue weighted by Crippen LogP contribution is 1.97. The number of ether oxygens (including phenoxy) is 5. The van der Waals surface area contributed by atoms with Crippen molar-refractivity contribution in [2.24, 2.45) is 0 Å². The molecule has 0 aliphatic rings. The fraction of sp³-hybridized carbons (Fsp3) is 0.650. The van der Waals surface area contributed by atoms with Gasteiger partial charge in [0.25, 0.3) is 0 Å². The molecule has 8 heteroatoms. The molecule has 0 heterocycles. The lowest BCUT2D eigenvalue weighted by Crippen LogP contribution is -2.08. The molecule has 0 rings (SSSR count). The minimum atomic E-state index is -0.505. The van der Waals surface area contributed by atoms with E-state index in [4.69, 9.17) is 23.7 Å². The highest BCUT2D eigenvalue weighted by atomic mass is 16.5. The molecule has 0 aromatic carbocycles. The van der Waals surface area contributed by atoms with E-state index in [1.807, 2.05) is 0 Å². The van der Waals surface area contributed by atoms with Crippen molar-refractivity contribution in [1.29, 1.82) is 0 Å². The molecule has 28 heavy (non-hydrogen) atoms. The molecule has 0 saturated carbocycles. The molecule has 0 aliphatic carbocycles. The second-order valence-electron chi connectivity index (χ2n) is 5.78. The van der Waals surface area contributed by atoms with Gasteiger partial charge in [-0.2, -0.15) is 0 Å². The van der Waals surface area contributed by atoms with E-state index < -0.39 is 11.9 Å². The Balaban J connectivity index is 3.62. The standard InChI is InChI=1S/C20H32O8/c1-24-13-5-6-15-26-18(21)10-3-4-11-19(22)27-16-7-8-17-28-20(23)12-9-14-25-2/h3-4,10-11H,5-9,12-17H2,1-2H3/b10-3-,11-4-. The molecule has 0 fully saturated rings. The number of carbonyl (C=O) groups excluding carboxylic acids is 3. The Kier molecular flexibility index (Phi) is 18.0. The Morgan fingerprint density at radius 2 is 1.04 bits per heavy atom. The van der Waals surface area contributed by atoms with Crippen LogP contribution in [0.3, 0.4) is 0 Å². The first kappa shape index (κ1) is 25.8. The molecule has 0 aromatic rings. The Morgan fingerprint density at radius 1 is 0.607 bits per heavy atom. The van der Waals surface area contributed by atoms with E-state index in [0.29, 0.717) is 52.1 Å². The minimum Gasteiger partial charge on any atom is -0.466 e. The van der Waals surface area contributed by atoms with Crippen LogP contribution in [0.4, 0.5) is 0 Å². The van der Waals surface area contributed by atoms with Crippen LogP contribution in [0.15, 0.2) is 24.3 Å². The highest BCUT2D eigenvalue weighted by molar-refractivity contribution is 5.84. The minimum absolute atomic E-state index is 0.234. The SMILES string of the molecule is COCCCCOC(=O)/C=C\C=C/C(=O)OCCCCOC(=O)CCCOC. The highest BCUT2D eigenvalue weighted by Gasteiger charge is 2.02. The van der Waals surface area contributed by atoms with E-state index >= 15 is 0 Å². The van der Waals surface area contributed by atoms with Crippen LogP contribution >= 0.6 is 0 Å². The lowest BCUT2D eigenvalue weighted by molar-refractivity contribution is -0.145. The molecule has 160 valence electrons. The molecule has 0 aliphatic heterocycles. The van der Waals surface area contributed by atoms with Crippen LogP contribution in [-0.4, -0.2) is 65.2 Å².